The average molecular weight is 262 g/mol. The zero-order chi connectivity index (χ0) is 13.9. The third kappa shape index (κ3) is 2.89. The Bertz CT molecular complexity index is 467. The van der Waals surface area contributed by atoms with Crippen LogP contribution in [0.4, 0.5) is 5.69 Å². The van der Waals surface area contributed by atoms with Crippen molar-refractivity contribution >= 4 is 11.6 Å². The Morgan fingerprint density at radius 1 is 1.42 bits per heavy atom. The van der Waals surface area contributed by atoms with Crippen LogP contribution in [0.2, 0.25) is 0 Å². The number of benzene rings is 1. The Labute approximate surface area is 114 Å². The number of carbonyl (C=O) groups is 1. The van der Waals surface area contributed by atoms with Crippen LogP contribution < -0.4 is 15.4 Å². The number of anilines is 1. The Balaban J connectivity index is 2.09. The number of hydrogen-bond donors (Lipinski definition) is 2. The van der Waals surface area contributed by atoms with Crippen molar-refractivity contribution in [1.29, 1.82) is 0 Å². The second-order valence-corrected chi connectivity index (χ2v) is 5.14. The quantitative estimate of drug-likeness (QED) is 0.826. The van der Waals surface area contributed by atoms with E-state index in [-0.39, 0.29) is 11.3 Å². The van der Waals surface area contributed by atoms with Crippen LogP contribution in [0.3, 0.4) is 0 Å². The first-order valence-corrected chi connectivity index (χ1v) is 6.78. The van der Waals surface area contributed by atoms with Crippen LogP contribution in [-0.2, 0) is 11.2 Å². The highest BCUT2D eigenvalue weighted by molar-refractivity contribution is 5.97. The van der Waals surface area contributed by atoms with Crippen molar-refractivity contribution in [2.75, 3.05) is 26.0 Å². The molecule has 4 heteroatoms. The number of hydrogen-bond acceptors (Lipinski definition) is 3. The van der Waals surface area contributed by atoms with Gasteiger partial charge in [0.05, 0.1) is 12.5 Å². The largest absolute Gasteiger partial charge is 0.496 e. The standard InChI is InChI=1S/C15H22N2O2/c1-4-11-9-12(5-6-13(11)19-3)17-14(18)15(7-8-15)10-16-2/h5-6,9,16H,4,7-8,10H2,1-3H3,(H,17,18). The van der Waals surface area contributed by atoms with Gasteiger partial charge in [0.1, 0.15) is 5.75 Å². The molecule has 0 atom stereocenters. The molecule has 0 aromatic heterocycles. The van der Waals surface area contributed by atoms with Crippen LogP contribution in [0.25, 0.3) is 0 Å². The fourth-order valence-electron chi connectivity index (χ4n) is 2.37. The lowest BCUT2D eigenvalue weighted by atomic mass is 10.1. The molecule has 4 nitrogen and oxygen atoms in total. The fraction of sp³-hybridized carbons (Fsp3) is 0.533. The van der Waals surface area contributed by atoms with E-state index >= 15 is 0 Å². The van der Waals surface area contributed by atoms with Gasteiger partial charge < -0.3 is 15.4 Å². The molecule has 1 aliphatic rings. The lowest BCUT2D eigenvalue weighted by Crippen LogP contribution is -2.32. The van der Waals surface area contributed by atoms with Crippen molar-refractivity contribution in [3.63, 3.8) is 0 Å². The Kier molecular flexibility index (Phi) is 4.10. The highest BCUT2D eigenvalue weighted by Gasteiger charge is 2.49. The van der Waals surface area contributed by atoms with E-state index in [9.17, 15) is 4.79 Å². The molecule has 0 saturated heterocycles. The van der Waals surface area contributed by atoms with Crippen LogP contribution in [-0.4, -0.2) is 26.6 Å². The summed E-state index contributed by atoms with van der Waals surface area (Å²) in [6.07, 6.45) is 2.82. The Morgan fingerprint density at radius 3 is 2.68 bits per heavy atom. The van der Waals surface area contributed by atoms with Gasteiger partial charge in [-0.1, -0.05) is 6.92 Å². The second kappa shape index (κ2) is 5.61. The van der Waals surface area contributed by atoms with Gasteiger partial charge in [0, 0.05) is 12.2 Å². The van der Waals surface area contributed by atoms with E-state index in [1.54, 1.807) is 7.11 Å². The smallest absolute Gasteiger partial charge is 0.231 e. The number of nitrogens with one attached hydrogen (secondary N) is 2. The molecule has 19 heavy (non-hydrogen) atoms. The summed E-state index contributed by atoms with van der Waals surface area (Å²) in [7, 11) is 3.55. The van der Waals surface area contributed by atoms with Crippen LogP contribution >= 0.6 is 0 Å². The molecule has 0 bridgehead atoms. The lowest BCUT2D eigenvalue weighted by Gasteiger charge is -2.16. The van der Waals surface area contributed by atoms with Crippen LogP contribution in [0.1, 0.15) is 25.3 Å². The molecule has 1 aromatic carbocycles. The van der Waals surface area contributed by atoms with E-state index in [4.69, 9.17) is 4.74 Å². The highest BCUT2D eigenvalue weighted by atomic mass is 16.5. The molecule has 0 radical (unpaired) electrons. The second-order valence-electron chi connectivity index (χ2n) is 5.14. The topological polar surface area (TPSA) is 50.4 Å². The number of amides is 1. The van der Waals surface area contributed by atoms with Crippen LogP contribution in [0.5, 0.6) is 5.75 Å². The third-order valence-corrected chi connectivity index (χ3v) is 3.77. The molecule has 1 amide bonds. The van der Waals surface area contributed by atoms with Crippen molar-refractivity contribution in [1.82, 2.24) is 5.32 Å². The molecule has 1 aromatic rings. The Morgan fingerprint density at radius 2 is 2.16 bits per heavy atom. The van der Waals surface area contributed by atoms with Gasteiger partial charge in [-0.05, 0) is 50.1 Å². The number of rotatable bonds is 6. The third-order valence-electron chi connectivity index (χ3n) is 3.77. The van der Waals surface area contributed by atoms with Gasteiger partial charge in [-0.3, -0.25) is 4.79 Å². The first kappa shape index (κ1) is 13.9. The van der Waals surface area contributed by atoms with Gasteiger partial charge in [-0.15, -0.1) is 0 Å². The predicted molar refractivity (Wildman–Crippen MR) is 76.6 cm³/mol. The minimum Gasteiger partial charge on any atom is -0.496 e. The van der Waals surface area contributed by atoms with Gasteiger partial charge in [0.2, 0.25) is 5.91 Å². The number of ether oxygens (including phenoxy) is 1. The summed E-state index contributed by atoms with van der Waals surface area (Å²) >= 11 is 0. The molecule has 0 aliphatic heterocycles. The highest BCUT2D eigenvalue weighted by Crippen LogP contribution is 2.45. The maximum atomic E-state index is 12.3. The SMILES string of the molecule is CCc1cc(NC(=O)C2(CNC)CC2)ccc1OC. The molecular weight excluding hydrogens is 240 g/mol. The minimum absolute atomic E-state index is 0.120. The van der Waals surface area contributed by atoms with Crippen molar-refractivity contribution in [2.45, 2.75) is 26.2 Å². The van der Waals surface area contributed by atoms with Crippen molar-refractivity contribution in [3.8, 4) is 5.75 Å². The number of methoxy groups -OCH3 is 1. The van der Waals surface area contributed by atoms with E-state index in [1.807, 2.05) is 25.2 Å². The van der Waals surface area contributed by atoms with Crippen molar-refractivity contribution in [3.05, 3.63) is 23.8 Å². The number of aryl methyl sites for hydroxylation is 1. The van der Waals surface area contributed by atoms with Crippen molar-refractivity contribution < 1.29 is 9.53 Å². The van der Waals surface area contributed by atoms with Crippen molar-refractivity contribution in [2.24, 2.45) is 5.41 Å². The summed E-state index contributed by atoms with van der Waals surface area (Å²) < 4.78 is 5.29. The molecule has 0 unspecified atom stereocenters. The first-order chi connectivity index (χ1) is 9.15. The summed E-state index contributed by atoms with van der Waals surface area (Å²) in [6.45, 7) is 2.82. The average Bonchev–Trinajstić information content (AvgIpc) is 3.20. The fourth-order valence-corrected chi connectivity index (χ4v) is 2.37. The van der Waals surface area contributed by atoms with Crippen LogP contribution in [0.15, 0.2) is 18.2 Å². The van der Waals surface area contributed by atoms with E-state index in [0.717, 1.165) is 42.8 Å². The van der Waals surface area contributed by atoms with Crippen LogP contribution in [0, 0.1) is 5.41 Å². The molecule has 104 valence electrons. The molecule has 1 saturated carbocycles. The van der Waals surface area contributed by atoms with Gasteiger partial charge in [0.15, 0.2) is 0 Å². The summed E-state index contributed by atoms with van der Waals surface area (Å²) in [5.41, 5.74) is 1.77. The van der Waals surface area contributed by atoms with E-state index in [0.29, 0.717) is 0 Å². The molecule has 2 N–H and O–H groups in total. The summed E-state index contributed by atoms with van der Waals surface area (Å²) in [4.78, 5) is 12.3. The van der Waals surface area contributed by atoms with Gasteiger partial charge >= 0.3 is 0 Å². The summed E-state index contributed by atoms with van der Waals surface area (Å²) in [5, 5.41) is 6.12. The zero-order valence-electron chi connectivity index (χ0n) is 11.9. The molecular formula is C15H22N2O2. The molecule has 1 fully saturated rings. The summed E-state index contributed by atoms with van der Waals surface area (Å²) in [5.74, 6) is 0.992. The monoisotopic (exact) mass is 262 g/mol. The number of carbonyl (C=O) groups excluding carboxylic acids is 1. The normalized spacial score (nSPS) is 15.9. The Hall–Kier alpha value is -1.55. The maximum Gasteiger partial charge on any atom is 0.231 e. The molecule has 2 rings (SSSR count). The zero-order valence-corrected chi connectivity index (χ0v) is 11.9. The molecule has 1 aliphatic carbocycles. The maximum absolute atomic E-state index is 12.3. The predicted octanol–water partition coefficient (Wildman–Crippen LogP) is 2.20. The van der Waals surface area contributed by atoms with Gasteiger partial charge in [0.25, 0.3) is 0 Å². The molecule has 0 spiro atoms. The van der Waals surface area contributed by atoms with Gasteiger partial charge in [-0.2, -0.15) is 0 Å². The summed E-state index contributed by atoms with van der Waals surface area (Å²) in [6, 6.07) is 5.80. The van der Waals surface area contributed by atoms with Gasteiger partial charge in [-0.25, -0.2) is 0 Å². The lowest BCUT2D eigenvalue weighted by molar-refractivity contribution is -0.120. The first-order valence-electron chi connectivity index (χ1n) is 6.78. The molecule has 0 heterocycles. The van der Waals surface area contributed by atoms with E-state index < -0.39 is 0 Å². The minimum atomic E-state index is -0.193. The van der Waals surface area contributed by atoms with E-state index in [2.05, 4.69) is 17.6 Å². The van der Waals surface area contributed by atoms with E-state index in [1.165, 1.54) is 0 Å².